The normalized spacial score (nSPS) is 11.6. The zero-order chi connectivity index (χ0) is 12.3. The number of aryl methyl sites for hydroxylation is 1. The van der Waals surface area contributed by atoms with Crippen LogP contribution in [0.25, 0.3) is 0 Å². The van der Waals surface area contributed by atoms with Crippen molar-refractivity contribution >= 4 is 28.4 Å². The predicted octanol–water partition coefficient (Wildman–Crippen LogP) is 2.70. The third-order valence-electron chi connectivity index (χ3n) is 2.30. The van der Waals surface area contributed by atoms with Gasteiger partial charge in [0.2, 0.25) is 0 Å². The van der Waals surface area contributed by atoms with Gasteiger partial charge in [0.15, 0.2) is 5.82 Å². The number of nitrogens with one attached hydrogen (secondary N) is 1. The average Bonchev–Trinajstić information content (AvgIpc) is 2.21. The summed E-state index contributed by atoms with van der Waals surface area (Å²) in [5, 5.41) is 3.08. The number of rotatable bonds is 4. The van der Waals surface area contributed by atoms with Crippen molar-refractivity contribution in [2.45, 2.75) is 33.3 Å². The number of ether oxygens (including phenoxy) is 1. The molecule has 16 heavy (non-hydrogen) atoms. The van der Waals surface area contributed by atoms with Crippen molar-refractivity contribution in [1.29, 1.82) is 0 Å². The first kappa shape index (κ1) is 13.6. The van der Waals surface area contributed by atoms with E-state index < -0.39 is 5.60 Å². The molecule has 0 aliphatic heterocycles. The first-order valence-corrected chi connectivity index (χ1v) is 6.36. The minimum atomic E-state index is -0.449. The molecule has 0 radical (unpaired) electrons. The molecule has 0 saturated heterocycles. The number of hydrogen-bond acceptors (Lipinski definition) is 4. The van der Waals surface area contributed by atoms with Gasteiger partial charge in [-0.15, -0.1) is 0 Å². The van der Waals surface area contributed by atoms with E-state index in [9.17, 15) is 0 Å². The van der Waals surface area contributed by atoms with Crippen LogP contribution in [0.2, 0.25) is 0 Å². The lowest BCUT2D eigenvalue weighted by Crippen LogP contribution is -2.26. The minimum absolute atomic E-state index is 0.449. The number of halogens is 1. The van der Waals surface area contributed by atoms with Crippen LogP contribution in [0.15, 0.2) is 0 Å². The minimum Gasteiger partial charge on any atom is -0.372 e. The lowest BCUT2D eigenvalue weighted by Gasteiger charge is -2.24. The van der Waals surface area contributed by atoms with Gasteiger partial charge in [0.1, 0.15) is 11.4 Å². The van der Waals surface area contributed by atoms with E-state index in [-0.39, 0.29) is 0 Å². The Labute approximate surface area is 110 Å². The van der Waals surface area contributed by atoms with Gasteiger partial charge in [-0.2, -0.15) is 0 Å². The van der Waals surface area contributed by atoms with Gasteiger partial charge in [0.05, 0.1) is 9.26 Å². The Balaban J connectivity index is 3.20. The van der Waals surface area contributed by atoms with Crippen LogP contribution in [0.1, 0.15) is 32.3 Å². The van der Waals surface area contributed by atoms with E-state index in [0.717, 1.165) is 20.9 Å². The summed E-state index contributed by atoms with van der Waals surface area (Å²) in [6, 6.07) is 0. The number of hydrogen-bond donors (Lipinski definition) is 1. The first-order valence-electron chi connectivity index (χ1n) is 5.28. The van der Waals surface area contributed by atoms with Crippen molar-refractivity contribution in [3.63, 3.8) is 0 Å². The van der Waals surface area contributed by atoms with Crippen molar-refractivity contribution < 1.29 is 4.74 Å². The van der Waals surface area contributed by atoms with Crippen molar-refractivity contribution in [2.75, 3.05) is 19.0 Å². The second-order valence-corrected chi connectivity index (χ2v) is 5.07. The Kier molecular flexibility index (Phi) is 4.49. The van der Waals surface area contributed by atoms with E-state index >= 15 is 0 Å². The maximum Gasteiger partial charge on any atom is 0.162 e. The molecule has 0 aliphatic rings. The van der Waals surface area contributed by atoms with Crippen molar-refractivity contribution in [3.05, 3.63) is 15.1 Å². The quantitative estimate of drug-likeness (QED) is 0.860. The summed E-state index contributed by atoms with van der Waals surface area (Å²) in [6.07, 6.45) is 0. The summed E-state index contributed by atoms with van der Waals surface area (Å²) in [4.78, 5) is 8.98. The van der Waals surface area contributed by atoms with Crippen LogP contribution in [0.4, 0.5) is 5.82 Å². The lowest BCUT2D eigenvalue weighted by molar-refractivity contribution is -0.0208. The molecule has 1 aromatic rings. The summed E-state index contributed by atoms with van der Waals surface area (Å²) in [6.45, 7) is 8.57. The van der Waals surface area contributed by atoms with Gasteiger partial charge in [-0.25, -0.2) is 9.97 Å². The molecule has 90 valence electrons. The van der Waals surface area contributed by atoms with Gasteiger partial charge >= 0.3 is 0 Å². The van der Waals surface area contributed by atoms with E-state index in [1.807, 2.05) is 34.7 Å². The molecular formula is C11H18IN3O. The van der Waals surface area contributed by atoms with Crippen LogP contribution in [0.3, 0.4) is 0 Å². The maximum atomic E-state index is 5.65. The molecule has 0 fully saturated rings. The monoisotopic (exact) mass is 335 g/mol. The average molecular weight is 335 g/mol. The lowest BCUT2D eigenvalue weighted by atomic mass is 10.1. The van der Waals surface area contributed by atoms with Crippen molar-refractivity contribution in [2.24, 2.45) is 0 Å². The molecule has 0 amide bonds. The summed E-state index contributed by atoms with van der Waals surface area (Å²) >= 11 is 2.24. The largest absolute Gasteiger partial charge is 0.372 e. The molecule has 0 atom stereocenters. The fraction of sp³-hybridized carbons (Fsp3) is 0.636. The fourth-order valence-electron chi connectivity index (χ4n) is 1.42. The van der Waals surface area contributed by atoms with Gasteiger partial charge < -0.3 is 10.1 Å². The SMILES string of the molecule is CCOC(C)(C)c1nc(C)c(I)c(NC)n1. The second kappa shape index (κ2) is 5.27. The Bertz CT molecular complexity index is 380. The highest BCUT2D eigenvalue weighted by Crippen LogP contribution is 2.25. The first-order chi connectivity index (χ1) is 7.42. The predicted molar refractivity (Wildman–Crippen MR) is 73.7 cm³/mol. The van der Waals surface area contributed by atoms with Gasteiger partial charge in [-0.1, -0.05) is 0 Å². The molecule has 0 saturated carbocycles. The molecule has 1 aromatic heterocycles. The Morgan fingerprint density at radius 3 is 2.50 bits per heavy atom. The molecule has 1 N–H and O–H groups in total. The maximum absolute atomic E-state index is 5.65. The highest BCUT2D eigenvalue weighted by Gasteiger charge is 2.25. The zero-order valence-electron chi connectivity index (χ0n) is 10.4. The van der Waals surface area contributed by atoms with Gasteiger partial charge in [0, 0.05) is 13.7 Å². The van der Waals surface area contributed by atoms with Crippen LogP contribution in [0.5, 0.6) is 0 Å². The molecule has 1 heterocycles. The van der Waals surface area contributed by atoms with E-state index in [4.69, 9.17) is 4.74 Å². The van der Waals surface area contributed by atoms with Crippen LogP contribution < -0.4 is 5.32 Å². The molecular weight excluding hydrogens is 317 g/mol. The molecule has 0 aliphatic carbocycles. The Morgan fingerprint density at radius 2 is 2.00 bits per heavy atom. The van der Waals surface area contributed by atoms with Crippen LogP contribution in [-0.2, 0) is 10.3 Å². The van der Waals surface area contributed by atoms with E-state index in [1.54, 1.807) is 0 Å². The van der Waals surface area contributed by atoms with Gasteiger partial charge in [-0.3, -0.25) is 0 Å². The number of anilines is 1. The highest BCUT2D eigenvalue weighted by atomic mass is 127. The molecule has 0 spiro atoms. The molecule has 5 heteroatoms. The third-order valence-corrected chi connectivity index (χ3v) is 3.59. The molecule has 4 nitrogen and oxygen atoms in total. The molecule has 0 unspecified atom stereocenters. The smallest absolute Gasteiger partial charge is 0.162 e. The summed E-state index contributed by atoms with van der Waals surface area (Å²) in [5.74, 6) is 1.58. The van der Waals surface area contributed by atoms with Gasteiger partial charge in [0.25, 0.3) is 0 Å². The zero-order valence-corrected chi connectivity index (χ0v) is 12.5. The Hall–Kier alpha value is -0.430. The third kappa shape index (κ3) is 2.82. The topological polar surface area (TPSA) is 47.0 Å². The summed E-state index contributed by atoms with van der Waals surface area (Å²) < 4.78 is 6.71. The molecule has 0 bridgehead atoms. The summed E-state index contributed by atoms with van der Waals surface area (Å²) in [5.41, 5.74) is 0.526. The molecule has 1 rings (SSSR count). The van der Waals surface area contributed by atoms with Crippen molar-refractivity contribution in [1.82, 2.24) is 9.97 Å². The van der Waals surface area contributed by atoms with E-state index in [1.165, 1.54) is 0 Å². The summed E-state index contributed by atoms with van der Waals surface area (Å²) in [7, 11) is 1.86. The van der Waals surface area contributed by atoms with E-state index in [2.05, 4.69) is 37.9 Å². The molecule has 0 aromatic carbocycles. The number of nitrogens with zero attached hydrogens (tertiary/aromatic N) is 2. The van der Waals surface area contributed by atoms with Crippen LogP contribution in [-0.4, -0.2) is 23.6 Å². The van der Waals surface area contributed by atoms with Gasteiger partial charge in [-0.05, 0) is 50.3 Å². The van der Waals surface area contributed by atoms with Crippen LogP contribution in [0, 0.1) is 10.5 Å². The highest BCUT2D eigenvalue weighted by molar-refractivity contribution is 14.1. The van der Waals surface area contributed by atoms with Crippen molar-refractivity contribution in [3.8, 4) is 0 Å². The standard InChI is InChI=1S/C11H18IN3O/c1-6-16-11(3,4)10-14-7(2)8(12)9(13-5)15-10/h6H2,1-5H3,(H,13,14,15). The number of aromatic nitrogens is 2. The van der Waals surface area contributed by atoms with E-state index in [0.29, 0.717) is 6.61 Å². The van der Waals surface area contributed by atoms with Crippen LogP contribution >= 0.6 is 22.6 Å². The Morgan fingerprint density at radius 1 is 1.38 bits per heavy atom. The fourth-order valence-corrected chi connectivity index (χ4v) is 1.93. The second-order valence-electron chi connectivity index (χ2n) is 3.99.